The SMILES string of the molecule is CC(C)(C)OC(=O)NCCNCc1cc(Nc2nc3cccnc3s2)nc(N[C@H]2CC[C@H](O)CC2)n1. The third-order valence-electron chi connectivity index (χ3n) is 5.49. The number of aromatic nitrogens is 4. The lowest BCUT2D eigenvalue weighted by Gasteiger charge is -2.26. The minimum absolute atomic E-state index is 0.217. The Morgan fingerprint density at radius 2 is 1.97 bits per heavy atom. The van der Waals surface area contributed by atoms with Crippen molar-refractivity contribution < 1.29 is 14.6 Å². The molecule has 3 heterocycles. The zero-order chi connectivity index (χ0) is 25.5. The highest BCUT2D eigenvalue weighted by Crippen LogP contribution is 2.27. The first-order valence-corrected chi connectivity index (χ1v) is 13.0. The van der Waals surface area contributed by atoms with Gasteiger partial charge in [0.1, 0.15) is 21.8 Å². The highest BCUT2D eigenvalue weighted by Gasteiger charge is 2.20. The molecule has 0 aliphatic heterocycles. The molecule has 0 unspecified atom stereocenters. The highest BCUT2D eigenvalue weighted by atomic mass is 32.1. The van der Waals surface area contributed by atoms with E-state index in [1.54, 1.807) is 6.20 Å². The van der Waals surface area contributed by atoms with E-state index in [1.807, 2.05) is 39.0 Å². The summed E-state index contributed by atoms with van der Waals surface area (Å²) in [5.74, 6) is 1.16. The molecule has 194 valence electrons. The summed E-state index contributed by atoms with van der Waals surface area (Å²) in [5.41, 5.74) is 1.10. The number of rotatable bonds is 9. The Balaban J connectivity index is 1.39. The lowest BCUT2D eigenvalue weighted by atomic mass is 9.93. The molecule has 4 rings (SSSR count). The molecule has 1 amide bonds. The molecule has 1 aliphatic rings. The molecule has 0 radical (unpaired) electrons. The fourth-order valence-corrected chi connectivity index (χ4v) is 4.65. The molecule has 3 aromatic rings. The summed E-state index contributed by atoms with van der Waals surface area (Å²) in [6, 6.07) is 5.88. The number of nitrogens with one attached hydrogen (secondary N) is 4. The number of hydrogen-bond acceptors (Lipinski definition) is 11. The van der Waals surface area contributed by atoms with E-state index in [0.29, 0.717) is 36.5 Å². The fraction of sp³-hybridized carbons (Fsp3) is 0.542. The van der Waals surface area contributed by atoms with E-state index in [0.717, 1.165) is 41.7 Å². The number of carbonyl (C=O) groups excluding carboxylic acids is 1. The molecule has 1 fully saturated rings. The number of ether oxygens (including phenoxy) is 1. The molecule has 11 nitrogen and oxygen atoms in total. The van der Waals surface area contributed by atoms with Crippen LogP contribution in [0.25, 0.3) is 10.3 Å². The largest absolute Gasteiger partial charge is 0.444 e. The van der Waals surface area contributed by atoms with Crippen LogP contribution in [0, 0.1) is 0 Å². The van der Waals surface area contributed by atoms with Gasteiger partial charge in [-0.3, -0.25) is 0 Å². The number of amides is 1. The summed E-state index contributed by atoms with van der Waals surface area (Å²) in [5, 5.41) is 23.3. The standard InChI is InChI=1S/C24H34N8O3S/c1-24(2,3)35-23(34)27-12-11-25-14-16-13-19(32-22-30-18-5-4-10-26-20(18)36-22)31-21(29-16)28-15-6-8-17(33)9-7-15/h4-5,10,13,15,17,25,33H,6-9,11-12,14H2,1-3H3,(H,27,34)(H2,28,29,30,31,32)/t15-,17-. The van der Waals surface area contributed by atoms with Crippen LogP contribution in [0.4, 0.5) is 21.7 Å². The maximum absolute atomic E-state index is 11.8. The average Bonchev–Trinajstić information content (AvgIpc) is 3.21. The second-order valence-electron chi connectivity index (χ2n) is 9.80. The van der Waals surface area contributed by atoms with Crippen molar-refractivity contribution in [1.29, 1.82) is 0 Å². The average molecular weight is 515 g/mol. The van der Waals surface area contributed by atoms with Crippen LogP contribution in [-0.4, -0.2) is 62.0 Å². The quantitative estimate of drug-likeness (QED) is 0.269. The summed E-state index contributed by atoms with van der Waals surface area (Å²) in [7, 11) is 0. The van der Waals surface area contributed by atoms with Crippen molar-refractivity contribution >= 4 is 44.7 Å². The molecule has 0 bridgehead atoms. The van der Waals surface area contributed by atoms with Crippen LogP contribution < -0.4 is 21.3 Å². The normalized spacial score (nSPS) is 18.1. The number of alkyl carbamates (subject to hydrolysis) is 1. The lowest BCUT2D eigenvalue weighted by molar-refractivity contribution is 0.0528. The Morgan fingerprint density at radius 3 is 2.72 bits per heavy atom. The minimum atomic E-state index is -0.527. The van der Waals surface area contributed by atoms with Gasteiger partial charge < -0.3 is 31.1 Å². The first kappa shape index (κ1) is 26.0. The van der Waals surface area contributed by atoms with Crippen molar-refractivity contribution in [2.45, 2.75) is 70.7 Å². The number of anilines is 3. The van der Waals surface area contributed by atoms with Crippen LogP contribution in [0.2, 0.25) is 0 Å². The highest BCUT2D eigenvalue weighted by molar-refractivity contribution is 7.21. The van der Waals surface area contributed by atoms with E-state index in [2.05, 4.69) is 41.2 Å². The van der Waals surface area contributed by atoms with Crippen molar-refractivity contribution in [3.05, 3.63) is 30.1 Å². The van der Waals surface area contributed by atoms with E-state index < -0.39 is 11.7 Å². The fourth-order valence-electron chi connectivity index (χ4n) is 3.84. The molecular formula is C24H34N8O3S. The predicted octanol–water partition coefficient (Wildman–Crippen LogP) is 3.55. The zero-order valence-corrected chi connectivity index (χ0v) is 21.7. The first-order valence-electron chi connectivity index (χ1n) is 12.2. The van der Waals surface area contributed by atoms with E-state index in [1.165, 1.54) is 11.3 Å². The van der Waals surface area contributed by atoms with Gasteiger partial charge in [-0.2, -0.15) is 4.98 Å². The van der Waals surface area contributed by atoms with Gasteiger partial charge in [0, 0.05) is 37.9 Å². The first-order chi connectivity index (χ1) is 17.2. The van der Waals surface area contributed by atoms with Crippen molar-refractivity contribution in [2.75, 3.05) is 23.7 Å². The Hall–Kier alpha value is -3.09. The molecule has 0 aromatic carbocycles. The van der Waals surface area contributed by atoms with E-state index in [9.17, 15) is 9.90 Å². The number of hydrogen-bond donors (Lipinski definition) is 5. The molecule has 1 saturated carbocycles. The summed E-state index contributed by atoms with van der Waals surface area (Å²) < 4.78 is 5.25. The van der Waals surface area contributed by atoms with Crippen molar-refractivity contribution in [3.63, 3.8) is 0 Å². The molecule has 1 aliphatic carbocycles. The summed E-state index contributed by atoms with van der Waals surface area (Å²) in [6.45, 7) is 6.97. The van der Waals surface area contributed by atoms with Crippen LogP contribution in [0.15, 0.2) is 24.4 Å². The van der Waals surface area contributed by atoms with Crippen molar-refractivity contribution in [2.24, 2.45) is 0 Å². The van der Waals surface area contributed by atoms with Crippen molar-refractivity contribution in [1.82, 2.24) is 30.6 Å². The molecule has 0 atom stereocenters. The summed E-state index contributed by atoms with van der Waals surface area (Å²) >= 11 is 1.46. The molecule has 0 spiro atoms. The minimum Gasteiger partial charge on any atom is -0.444 e. The molecule has 0 saturated heterocycles. The van der Waals surface area contributed by atoms with Crippen LogP contribution >= 0.6 is 11.3 Å². The van der Waals surface area contributed by atoms with E-state index in [4.69, 9.17) is 4.74 Å². The van der Waals surface area contributed by atoms with Gasteiger partial charge in [0.25, 0.3) is 0 Å². The van der Waals surface area contributed by atoms with E-state index >= 15 is 0 Å². The van der Waals surface area contributed by atoms with Crippen molar-refractivity contribution in [3.8, 4) is 0 Å². The van der Waals surface area contributed by atoms with Gasteiger partial charge in [-0.05, 0) is 58.6 Å². The van der Waals surface area contributed by atoms with Gasteiger partial charge in [0.2, 0.25) is 5.95 Å². The number of aliphatic hydroxyl groups excluding tert-OH is 1. The Bertz CT molecular complexity index is 1120. The molecule has 5 N–H and O–H groups in total. The summed E-state index contributed by atoms with van der Waals surface area (Å²) in [4.78, 5) is 30.9. The topological polar surface area (TPSA) is 146 Å². The maximum Gasteiger partial charge on any atom is 0.407 e. The third-order valence-corrected chi connectivity index (χ3v) is 6.38. The molecule has 12 heteroatoms. The van der Waals surface area contributed by atoms with Crippen LogP contribution in [0.1, 0.15) is 52.1 Å². The maximum atomic E-state index is 11.8. The number of carbonyl (C=O) groups is 1. The molecule has 3 aromatic heterocycles. The van der Waals surface area contributed by atoms with E-state index in [-0.39, 0.29) is 12.1 Å². The molecule has 36 heavy (non-hydrogen) atoms. The lowest BCUT2D eigenvalue weighted by Crippen LogP contribution is -2.36. The summed E-state index contributed by atoms with van der Waals surface area (Å²) in [6.07, 6.45) is 4.37. The Morgan fingerprint density at radius 1 is 1.17 bits per heavy atom. The zero-order valence-electron chi connectivity index (χ0n) is 20.9. The van der Waals surface area contributed by atoms with Gasteiger partial charge in [0.05, 0.1) is 11.8 Å². The monoisotopic (exact) mass is 514 g/mol. The second kappa shape index (κ2) is 11.8. The molecular weight excluding hydrogens is 480 g/mol. The van der Waals surface area contributed by atoms with Gasteiger partial charge in [-0.15, -0.1) is 0 Å². The number of fused-ring (bicyclic) bond motifs is 1. The Kier molecular flexibility index (Phi) is 8.49. The Labute approximate surface area is 214 Å². The number of aliphatic hydroxyl groups is 1. The second-order valence-corrected chi connectivity index (χ2v) is 10.8. The third kappa shape index (κ3) is 7.97. The van der Waals surface area contributed by atoms with Gasteiger partial charge >= 0.3 is 6.09 Å². The van der Waals surface area contributed by atoms with Crippen LogP contribution in [0.5, 0.6) is 0 Å². The van der Waals surface area contributed by atoms with Gasteiger partial charge in [-0.1, -0.05) is 11.3 Å². The predicted molar refractivity (Wildman–Crippen MR) is 141 cm³/mol. The van der Waals surface area contributed by atoms with Crippen LogP contribution in [-0.2, 0) is 11.3 Å². The van der Waals surface area contributed by atoms with Crippen LogP contribution in [0.3, 0.4) is 0 Å². The number of pyridine rings is 1. The number of nitrogens with zero attached hydrogens (tertiary/aromatic N) is 4. The van der Waals surface area contributed by atoms with Gasteiger partial charge in [0.15, 0.2) is 5.13 Å². The smallest absolute Gasteiger partial charge is 0.407 e. The number of thiazole rings is 1. The van der Waals surface area contributed by atoms with Gasteiger partial charge in [-0.25, -0.2) is 19.7 Å².